The molecule has 0 atom stereocenters. The van der Waals surface area contributed by atoms with E-state index in [9.17, 15) is 30.8 Å². The number of rotatable bonds is 8. The minimum Gasteiger partial charge on any atom is -0.352 e. The zero-order valence-corrected chi connectivity index (χ0v) is 17.8. The largest absolute Gasteiger partial charge is 0.511 e. The molecule has 6 nitrogen and oxygen atoms in total. The number of halogens is 5. The first kappa shape index (κ1) is 24.0. The molecule has 0 aliphatic carbocycles. The van der Waals surface area contributed by atoms with Crippen LogP contribution >= 0.6 is 15.9 Å². The van der Waals surface area contributed by atoms with Gasteiger partial charge in [0.25, 0.3) is 5.91 Å². The summed E-state index contributed by atoms with van der Waals surface area (Å²) >= 11 is 3.24. The second-order valence-electron chi connectivity index (χ2n) is 6.82. The van der Waals surface area contributed by atoms with Crippen LogP contribution in [0.3, 0.4) is 0 Å². The summed E-state index contributed by atoms with van der Waals surface area (Å²) in [5, 5.41) is 2.82. The molecule has 1 heterocycles. The first-order chi connectivity index (χ1) is 13.5. The second-order valence-corrected chi connectivity index (χ2v) is 9.49. The van der Waals surface area contributed by atoms with Gasteiger partial charge in [-0.15, -0.1) is 0 Å². The molecule has 12 heteroatoms. The average molecular weight is 504 g/mol. The molecule has 1 aromatic rings. The van der Waals surface area contributed by atoms with Crippen molar-refractivity contribution < 1.29 is 30.8 Å². The Balaban J connectivity index is 1.72. The molecule has 0 unspecified atom stereocenters. The number of carbonyl (C=O) groups excluding carboxylic acids is 1. The summed E-state index contributed by atoms with van der Waals surface area (Å²) in [5.41, 5.74) is -4.54. The van der Waals surface area contributed by atoms with Gasteiger partial charge in [0.2, 0.25) is 0 Å². The van der Waals surface area contributed by atoms with Crippen molar-refractivity contribution in [2.45, 2.75) is 25.0 Å². The Labute approximate surface area is 175 Å². The molecule has 0 spiro atoms. The summed E-state index contributed by atoms with van der Waals surface area (Å²) in [4.78, 5) is 14.1. The molecule has 2 rings (SSSR count). The van der Waals surface area contributed by atoms with Crippen LogP contribution in [0.5, 0.6) is 0 Å². The van der Waals surface area contributed by atoms with E-state index in [1.165, 1.54) is 6.07 Å². The van der Waals surface area contributed by atoms with Crippen LogP contribution in [-0.4, -0.2) is 57.5 Å². The fraction of sp³-hybridized carbons (Fsp3) is 0.588. The number of nitrogens with one attached hydrogen (secondary N) is 2. The van der Waals surface area contributed by atoms with Crippen molar-refractivity contribution in [3.05, 3.63) is 33.8 Å². The fourth-order valence-corrected chi connectivity index (χ4v) is 4.10. The maximum absolute atomic E-state index is 12.8. The van der Waals surface area contributed by atoms with Crippen molar-refractivity contribution in [2.24, 2.45) is 5.92 Å². The molecule has 1 aliphatic rings. The van der Waals surface area contributed by atoms with E-state index in [1.54, 1.807) is 16.9 Å². The first-order valence-corrected chi connectivity index (χ1v) is 11.2. The summed E-state index contributed by atoms with van der Waals surface area (Å²) < 4.78 is 73.7. The highest BCUT2D eigenvalue weighted by Crippen LogP contribution is 2.22. The zero-order valence-electron chi connectivity index (χ0n) is 15.4. The molecule has 0 bridgehead atoms. The molecule has 2 N–H and O–H groups in total. The lowest BCUT2D eigenvalue weighted by Crippen LogP contribution is -2.44. The average Bonchev–Trinajstić information content (AvgIpc) is 2.65. The highest BCUT2D eigenvalue weighted by molar-refractivity contribution is 9.10. The number of hydrogen-bond donors (Lipinski definition) is 2. The number of nitrogens with zero attached hydrogens (tertiary/aromatic N) is 1. The highest BCUT2D eigenvalue weighted by Gasteiger charge is 2.45. The minimum absolute atomic E-state index is 0.179. The number of benzene rings is 1. The highest BCUT2D eigenvalue weighted by atomic mass is 79.9. The topological polar surface area (TPSA) is 78.5 Å². The minimum atomic E-state index is -5.31. The number of piperidine rings is 1. The molecule has 1 aromatic carbocycles. The standard InChI is InChI=1S/C17H22BrF4N3O3S/c18-15-8-13(10-19)7-14(9-15)16(26)23-11-12-1-4-25(5-2-12)6-3-24-29(27,28)17(20,21)22/h7-9,12,24H,1-6,10-11H2,(H,23,26). The van der Waals surface area contributed by atoms with E-state index in [0.717, 1.165) is 12.8 Å². The van der Waals surface area contributed by atoms with Crippen molar-refractivity contribution in [1.29, 1.82) is 0 Å². The first-order valence-electron chi connectivity index (χ1n) is 8.94. The van der Waals surface area contributed by atoms with Gasteiger partial charge < -0.3 is 10.2 Å². The third-order valence-electron chi connectivity index (χ3n) is 4.66. The van der Waals surface area contributed by atoms with E-state index < -0.39 is 22.2 Å². The molecule has 1 saturated heterocycles. The van der Waals surface area contributed by atoms with Gasteiger partial charge in [0.1, 0.15) is 6.67 Å². The van der Waals surface area contributed by atoms with E-state index in [-0.39, 0.29) is 24.9 Å². The molecular weight excluding hydrogens is 482 g/mol. The lowest BCUT2D eigenvalue weighted by atomic mass is 9.96. The van der Waals surface area contributed by atoms with Crippen LogP contribution in [0, 0.1) is 5.92 Å². The molecule has 0 radical (unpaired) electrons. The molecule has 0 aromatic heterocycles. The third-order valence-corrected chi connectivity index (χ3v) is 6.31. The summed E-state index contributed by atoms with van der Waals surface area (Å²) in [6, 6.07) is 4.70. The van der Waals surface area contributed by atoms with Crippen LogP contribution in [-0.2, 0) is 16.7 Å². The molecule has 1 amide bonds. The number of sulfonamides is 1. The van der Waals surface area contributed by atoms with E-state index in [4.69, 9.17) is 0 Å². The Hall–Kier alpha value is -1.24. The van der Waals surface area contributed by atoms with E-state index in [0.29, 0.717) is 35.2 Å². The lowest BCUT2D eigenvalue weighted by molar-refractivity contribution is -0.0448. The lowest BCUT2D eigenvalue weighted by Gasteiger charge is -2.32. The van der Waals surface area contributed by atoms with E-state index in [1.807, 2.05) is 4.90 Å². The predicted molar refractivity (Wildman–Crippen MR) is 103 cm³/mol. The van der Waals surface area contributed by atoms with E-state index in [2.05, 4.69) is 21.2 Å². The molecule has 0 saturated carbocycles. The molecular formula is C17H22BrF4N3O3S. The van der Waals surface area contributed by atoms with Gasteiger partial charge >= 0.3 is 15.5 Å². The fourth-order valence-electron chi connectivity index (χ4n) is 3.03. The predicted octanol–water partition coefficient (Wildman–Crippen LogP) is 2.80. The van der Waals surface area contributed by atoms with Gasteiger partial charge in [0, 0.05) is 29.7 Å². The Morgan fingerprint density at radius 2 is 1.86 bits per heavy atom. The van der Waals surface area contributed by atoms with Crippen molar-refractivity contribution in [2.75, 3.05) is 32.7 Å². The normalized spacial score (nSPS) is 16.7. The van der Waals surface area contributed by atoms with Crippen LogP contribution in [0.25, 0.3) is 0 Å². The molecule has 1 aliphatic heterocycles. The van der Waals surface area contributed by atoms with Gasteiger partial charge in [0.15, 0.2) is 0 Å². The SMILES string of the molecule is O=C(NCC1CCN(CCNS(=O)(=O)C(F)(F)F)CC1)c1cc(Br)cc(CF)c1. The van der Waals surface area contributed by atoms with Gasteiger partial charge in [-0.05, 0) is 55.6 Å². The van der Waals surface area contributed by atoms with Gasteiger partial charge in [-0.3, -0.25) is 4.79 Å². The number of likely N-dealkylation sites (tertiary alicyclic amines) is 1. The zero-order chi connectivity index (χ0) is 21.7. The summed E-state index contributed by atoms with van der Waals surface area (Å²) in [6.45, 7) is 0.817. The number of hydrogen-bond acceptors (Lipinski definition) is 4. The van der Waals surface area contributed by atoms with Crippen molar-refractivity contribution in [1.82, 2.24) is 14.9 Å². The van der Waals surface area contributed by atoms with Crippen molar-refractivity contribution >= 4 is 31.9 Å². The number of alkyl halides is 4. The van der Waals surface area contributed by atoms with E-state index >= 15 is 0 Å². The van der Waals surface area contributed by atoms with Crippen molar-refractivity contribution in [3.63, 3.8) is 0 Å². The monoisotopic (exact) mass is 503 g/mol. The van der Waals surface area contributed by atoms with Crippen LogP contribution in [0.1, 0.15) is 28.8 Å². The maximum Gasteiger partial charge on any atom is 0.511 e. The third kappa shape index (κ3) is 7.19. The van der Waals surface area contributed by atoms with Gasteiger partial charge in [0.05, 0.1) is 0 Å². The van der Waals surface area contributed by atoms with Crippen molar-refractivity contribution in [3.8, 4) is 0 Å². The van der Waals surface area contributed by atoms with Gasteiger partial charge in [-0.25, -0.2) is 17.5 Å². The van der Waals surface area contributed by atoms with Crippen LogP contribution < -0.4 is 10.0 Å². The Kier molecular flexibility index (Phi) is 8.44. The summed E-state index contributed by atoms with van der Waals surface area (Å²) in [6.07, 6.45) is 1.45. The van der Waals surface area contributed by atoms with Crippen LogP contribution in [0.4, 0.5) is 17.6 Å². The summed E-state index contributed by atoms with van der Waals surface area (Å²) in [7, 11) is -5.31. The van der Waals surface area contributed by atoms with Crippen LogP contribution in [0.15, 0.2) is 22.7 Å². The summed E-state index contributed by atoms with van der Waals surface area (Å²) in [5.74, 6) is -0.0974. The molecule has 164 valence electrons. The molecule has 1 fully saturated rings. The number of carbonyl (C=O) groups is 1. The Morgan fingerprint density at radius 3 is 2.45 bits per heavy atom. The maximum atomic E-state index is 12.8. The quantitative estimate of drug-likeness (QED) is 0.534. The Bertz CT molecular complexity index is 813. The number of amides is 1. The van der Waals surface area contributed by atoms with Crippen LogP contribution in [0.2, 0.25) is 0 Å². The smallest absolute Gasteiger partial charge is 0.352 e. The molecule has 29 heavy (non-hydrogen) atoms. The van der Waals surface area contributed by atoms with Gasteiger partial charge in [-0.1, -0.05) is 15.9 Å². The second kappa shape index (κ2) is 10.2. The van der Waals surface area contributed by atoms with Gasteiger partial charge in [-0.2, -0.15) is 13.2 Å². The Morgan fingerprint density at radius 1 is 1.21 bits per heavy atom.